The maximum Gasteiger partial charge on any atom is 0.338 e. The number of methoxy groups -OCH3 is 1. The number of nitrogens with zero attached hydrogens (tertiary/aromatic N) is 2. The topological polar surface area (TPSA) is 79.1 Å². The molecule has 0 saturated carbocycles. The number of thiazole rings is 1. The van der Waals surface area contributed by atoms with Gasteiger partial charge in [-0.05, 0) is 37.1 Å². The Bertz CT molecular complexity index is 1850. The minimum atomic E-state index is -0.922. The van der Waals surface area contributed by atoms with Gasteiger partial charge in [0.15, 0.2) is 16.3 Å². The number of rotatable bonds is 9. The zero-order valence-corrected chi connectivity index (χ0v) is 25.6. The normalized spacial score (nSPS) is 14.8. The second-order valence-electron chi connectivity index (χ2n) is 9.30. The number of benzene rings is 3. The van der Waals surface area contributed by atoms with Crippen molar-refractivity contribution in [3.05, 3.63) is 119 Å². The Morgan fingerprint density at radius 1 is 1.05 bits per heavy atom. The van der Waals surface area contributed by atoms with Gasteiger partial charge in [0.2, 0.25) is 0 Å². The van der Waals surface area contributed by atoms with Gasteiger partial charge in [0.05, 0.1) is 46.2 Å². The van der Waals surface area contributed by atoms with Crippen LogP contribution in [0.15, 0.2) is 82.1 Å². The van der Waals surface area contributed by atoms with Gasteiger partial charge in [0.25, 0.3) is 5.56 Å². The lowest BCUT2D eigenvalue weighted by molar-refractivity contribution is -0.138. The summed E-state index contributed by atoms with van der Waals surface area (Å²) in [4.78, 5) is 33.3. The quantitative estimate of drug-likeness (QED) is 0.213. The van der Waals surface area contributed by atoms with E-state index in [0.29, 0.717) is 59.9 Å². The lowest BCUT2D eigenvalue weighted by Crippen LogP contribution is -2.40. The number of hydrogen-bond acceptors (Lipinski definition) is 7. The molecule has 5 rings (SSSR count). The summed E-state index contributed by atoms with van der Waals surface area (Å²) in [6, 6.07) is 19.1. The summed E-state index contributed by atoms with van der Waals surface area (Å²) in [5, 5.41) is 0.711. The van der Waals surface area contributed by atoms with Crippen molar-refractivity contribution >= 4 is 52.3 Å². The lowest BCUT2D eigenvalue weighted by Gasteiger charge is -2.27. The molecule has 0 fully saturated rings. The summed E-state index contributed by atoms with van der Waals surface area (Å²) in [6.07, 6.45) is 2.43. The molecule has 1 aliphatic rings. The van der Waals surface area contributed by atoms with Crippen LogP contribution in [0.4, 0.5) is 0 Å². The van der Waals surface area contributed by atoms with Gasteiger partial charge in [-0.15, -0.1) is 0 Å². The Morgan fingerprint density at radius 3 is 2.52 bits per heavy atom. The van der Waals surface area contributed by atoms with Gasteiger partial charge in [-0.3, -0.25) is 9.36 Å². The Balaban J connectivity index is 1.88. The molecule has 0 unspecified atom stereocenters. The third-order valence-corrected chi connectivity index (χ3v) is 8.43. The van der Waals surface area contributed by atoms with Crippen LogP contribution < -0.4 is 24.4 Å². The highest BCUT2D eigenvalue weighted by molar-refractivity contribution is 7.07. The van der Waals surface area contributed by atoms with E-state index < -0.39 is 12.0 Å². The van der Waals surface area contributed by atoms with Crippen LogP contribution in [0.1, 0.15) is 43.0 Å². The van der Waals surface area contributed by atoms with E-state index in [1.165, 1.54) is 15.9 Å². The zero-order chi connectivity index (χ0) is 29.8. The van der Waals surface area contributed by atoms with Crippen molar-refractivity contribution in [1.82, 2.24) is 4.57 Å². The maximum absolute atomic E-state index is 14.2. The fourth-order valence-electron chi connectivity index (χ4n) is 4.78. The molecule has 4 aromatic rings. The number of hydrogen-bond donors (Lipinski definition) is 0. The molecule has 10 heteroatoms. The molecule has 0 aliphatic carbocycles. The van der Waals surface area contributed by atoms with Crippen molar-refractivity contribution in [3.8, 4) is 11.5 Å². The van der Waals surface area contributed by atoms with E-state index in [9.17, 15) is 9.59 Å². The molecule has 0 bridgehead atoms. The Kier molecular flexibility index (Phi) is 9.16. The molecule has 0 N–H and O–H groups in total. The molecule has 7 nitrogen and oxygen atoms in total. The van der Waals surface area contributed by atoms with Crippen LogP contribution in [0.3, 0.4) is 0 Å². The Labute approximate surface area is 256 Å². The van der Waals surface area contributed by atoms with Crippen molar-refractivity contribution in [2.75, 3.05) is 20.3 Å². The van der Waals surface area contributed by atoms with Gasteiger partial charge in [-0.25, -0.2) is 9.79 Å². The third kappa shape index (κ3) is 5.62. The summed E-state index contributed by atoms with van der Waals surface area (Å²) in [5.41, 5.74) is 2.15. The third-order valence-electron chi connectivity index (χ3n) is 6.62. The van der Waals surface area contributed by atoms with Gasteiger partial charge in [0.1, 0.15) is 6.04 Å². The summed E-state index contributed by atoms with van der Waals surface area (Å²) >= 11 is 13.9. The standard InChI is InChI=1S/C32H28Cl2N2O5S/c1-4-17-41-29-21(14-10-16-23(29)39-3)28-25(31(38)40-5-2)27(19-11-7-6-8-12-19)35-32-36(28)30(37)24(42-32)18-20-13-9-15-22(33)26(20)34/h6-16,18,28H,4-5,17H2,1-3H3/t28-/m0/s1. The minimum Gasteiger partial charge on any atom is -0.493 e. The van der Waals surface area contributed by atoms with E-state index in [4.69, 9.17) is 42.4 Å². The number of halogens is 2. The monoisotopic (exact) mass is 622 g/mol. The molecule has 0 spiro atoms. The maximum atomic E-state index is 14.2. The molecule has 42 heavy (non-hydrogen) atoms. The number of para-hydroxylation sites is 1. The molecule has 216 valence electrons. The van der Waals surface area contributed by atoms with Crippen LogP contribution in [0.5, 0.6) is 11.5 Å². The minimum absolute atomic E-state index is 0.145. The predicted molar refractivity (Wildman–Crippen MR) is 166 cm³/mol. The predicted octanol–water partition coefficient (Wildman–Crippen LogP) is 6.04. The second kappa shape index (κ2) is 13.0. The summed E-state index contributed by atoms with van der Waals surface area (Å²) in [7, 11) is 1.55. The van der Waals surface area contributed by atoms with Crippen molar-refractivity contribution < 1.29 is 19.0 Å². The first kappa shape index (κ1) is 29.6. The molecule has 0 amide bonds. The highest BCUT2D eigenvalue weighted by Crippen LogP contribution is 2.42. The van der Waals surface area contributed by atoms with E-state index in [1.807, 2.05) is 43.3 Å². The second-order valence-corrected chi connectivity index (χ2v) is 11.1. The largest absolute Gasteiger partial charge is 0.493 e. The average Bonchev–Trinajstić information content (AvgIpc) is 3.32. The zero-order valence-electron chi connectivity index (χ0n) is 23.2. The molecule has 1 aromatic heterocycles. The van der Waals surface area contributed by atoms with Crippen LogP contribution in [0.2, 0.25) is 10.0 Å². The molecule has 3 aromatic carbocycles. The molecule has 1 atom stereocenters. The van der Waals surface area contributed by atoms with Gasteiger partial charge in [0, 0.05) is 11.1 Å². The molecular formula is C32H28Cl2N2O5S. The number of ether oxygens (including phenoxy) is 3. The summed E-state index contributed by atoms with van der Waals surface area (Å²) < 4.78 is 19.3. The molecule has 0 radical (unpaired) electrons. The molecule has 2 heterocycles. The van der Waals surface area contributed by atoms with Crippen molar-refractivity contribution in [1.29, 1.82) is 0 Å². The number of aromatic nitrogens is 1. The smallest absolute Gasteiger partial charge is 0.338 e. The van der Waals surface area contributed by atoms with Crippen LogP contribution in [-0.2, 0) is 9.53 Å². The average molecular weight is 624 g/mol. The molecular weight excluding hydrogens is 595 g/mol. The van der Waals surface area contributed by atoms with Crippen LogP contribution in [-0.4, -0.2) is 30.9 Å². The lowest BCUT2D eigenvalue weighted by atomic mass is 9.92. The fraction of sp³-hybridized carbons (Fsp3) is 0.219. The van der Waals surface area contributed by atoms with Gasteiger partial charge >= 0.3 is 5.97 Å². The number of esters is 1. The summed E-state index contributed by atoms with van der Waals surface area (Å²) in [6.45, 7) is 4.29. The van der Waals surface area contributed by atoms with Gasteiger partial charge in [-0.1, -0.05) is 96.1 Å². The first-order valence-corrected chi connectivity index (χ1v) is 15.0. The van der Waals surface area contributed by atoms with E-state index in [0.717, 1.165) is 6.42 Å². The molecule has 1 aliphatic heterocycles. The van der Waals surface area contributed by atoms with Crippen molar-refractivity contribution in [2.24, 2.45) is 4.99 Å². The van der Waals surface area contributed by atoms with Crippen LogP contribution in [0.25, 0.3) is 11.8 Å². The number of carbonyl (C=O) groups is 1. The first-order valence-electron chi connectivity index (χ1n) is 13.4. The van der Waals surface area contributed by atoms with Crippen LogP contribution >= 0.6 is 34.5 Å². The van der Waals surface area contributed by atoms with E-state index >= 15 is 0 Å². The number of carbonyl (C=O) groups excluding carboxylic acids is 1. The summed E-state index contributed by atoms with van der Waals surface area (Å²) in [5.74, 6) is 0.340. The Hall–Kier alpha value is -3.85. The highest BCUT2D eigenvalue weighted by Gasteiger charge is 2.37. The van der Waals surface area contributed by atoms with Gasteiger partial charge in [-0.2, -0.15) is 0 Å². The molecule has 0 saturated heterocycles. The van der Waals surface area contributed by atoms with Crippen molar-refractivity contribution in [3.63, 3.8) is 0 Å². The van der Waals surface area contributed by atoms with Gasteiger partial charge < -0.3 is 14.2 Å². The van der Waals surface area contributed by atoms with E-state index in [-0.39, 0.29) is 17.7 Å². The van der Waals surface area contributed by atoms with Crippen LogP contribution in [0, 0.1) is 0 Å². The number of fused-ring (bicyclic) bond motifs is 1. The van der Waals surface area contributed by atoms with Crippen molar-refractivity contribution in [2.45, 2.75) is 26.3 Å². The Morgan fingerprint density at radius 2 is 1.81 bits per heavy atom. The van der Waals surface area contributed by atoms with E-state index in [1.54, 1.807) is 50.4 Å². The first-order chi connectivity index (χ1) is 20.4. The fourth-order valence-corrected chi connectivity index (χ4v) is 6.13. The SMILES string of the molecule is CCCOc1c(OC)cccc1[C@H]1C(C(=O)OCC)=C(c2ccccc2)N=c2sc(=Cc3cccc(Cl)c3Cl)c(=O)n21. The van der Waals surface area contributed by atoms with E-state index in [2.05, 4.69) is 0 Å². The highest BCUT2D eigenvalue weighted by atomic mass is 35.5.